The molecule has 0 unspecified atom stereocenters. The maximum atomic E-state index is 5.80. The third kappa shape index (κ3) is 6.21. The Hall–Kier alpha value is -2.57. The highest BCUT2D eigenvalue weighted by Gasteiger charge is 2.14. The first-order valence-electron chi connectivity index (χ1n) is 9.74. The molecule has 0 saturated carbocycles. The molecular weight excluding hydrogens is 460 g/mol. The van der Waals surface area contributed by atoms with Gasteiger partial charge in [0.05, 0.1) is 19.4 Å². The van der Waals surface area contributed by atoms with Gasteiger partial charge < -0.3 is 19.7 Å². The summed E-state index contributed by atoms with van der Waals surface area (Å²) in [5.41, 5.74) is 3.17. The fraction of sp³-hybridized carbons (Fsp3) is 0.208. The van der Waals surface area contributed by atoms with Crippen LogP contribution < -0.4 is 14.8 Å². The van der Waals surface area contributed by atoms with E-state index in [9.17, 15) is 0 Å². The molecule has 156 valence electrons. The summed E-state index contributed by atoms with van der Waals surface area (Å²) >= 11 is 9.36. The highest BCUT2D eigenvalue weighted by atomic mass is 79.9. The third-order valence-corrected chi connectivity index (χ3v) is 5.36. The molecule has 3 aromatic carbocycles. The van der Waals surface area contributed by atoms with E-state index in [1.165, 1.54) is 5.56 Å². The number of benzene rings is 3. The van der Waals surface area contributed by atoms with Crippen molar-refractivity contribution in [1.82, 2.24) is 4.90 Å². The van der Waals surface area contributed by atoms with Crippen molar-refractivity contribution in [3.8, 4) is 11.5 Å². The van der Waals surface area contributed by atoms with E-state index in [0.717, 1.165) is 27.2 Å². The smallest absolute Gasteiger partial charge is 0.174 e. The fourth-order valence-electron chi connectivity index (χ4n) is 3.05. The number of thiocarbonyl (C=S) groups is 1. The summed E-state index contributed by atoms with van der Waals surface area (Å²) in [6.45, 7) is 3.91. The van der Waals surface area contributed by atoms with Crippen LogP contribution in [-0.2, 0) is 13.1 Å². The van der Waals surface area contributed by atoms with Crippen LogP contribution in [0.2, 0.25) is 0 Å². The van der Waals surface area contributed by atoms with Crippen molar-refractivity contribution in [3.05, 3.63) is 88.4 Å². The van der Waals surface area contributed by atoms with E-state index < -0.39 is 0 Å². The van der Waals surface area contributed by atoms with Crippen molar-refractivity contribution in [2.45, 2.75) is 20.0 Å². The first kappa shape index (κ1) is 22.1. The fourth-order valence-corrected chi connectivity index (χ4v) is 3.74. The minimum Gasteiger partial charge on any atom is -0.497 e. The van der Waals surface area contributed by atoms with Gasteiger partial charge in [0, 0.05) is 17.6 Å². The molecular formula is C24H25BrN2O2S. The van der Waals surface area contributed by atoms with E-state index in [2.05, 4.69) is 50.4 Å². The van der Waals surface area contributed by atoms with E-state index in [-0.39, 0.29) is 0 Å². The molecule has 0 fully saturated rings. The first-order chi connectivity index (χ1) is 14.6. The van der Waals surface area contributed by atoms with Gasteiger partial charge in [0.25, 0.3) is 0 Å². The van der Waals surface area contributed by atoms with Crippen LogP contribution in [0.1, 0.15) is 18.1 Å². The maximum Gasteiger partial charge on any atom is 0.174 e. The van der Waals surface area contributed by atoms with Crippen LogP contribution in [-0.4, -0.2) is 23.7 Å². The molecule has 0 aliphatic rings. The van der Waals surface area contributed by atoms with Gasteiger partial charge >= 0.3 is 0 Å². The highest BCUT2D eigenvalue weighted by Crippen LogP contribution is 2.25. The molecule has 1 N–H and O–H groups in total. The van der Waals surface area contributed by atoms with E-state index in [1.807, 2.05) is 55.5 Å². The molecule has 0 spiro atoms. The van der Waals surface area contributed by atoms with Gasteiger partial charge in [0.2, 0.25) is 0 Å². The Morgan fingerprint density at radius 3 is 2.40 bits per heavy atom. The van der Waals surface area contributed by atoms with E-state index in [0.29, 0.717) is 24.8 Å². The van der Waals surface area contributed by atoms with Crippen molar-refractivity contribution < 1.29 is 9.47 Å². The normalized spacial score (nSPS) is 10.4. The van der Waals surface area contributed by atoms with Crippen LogP contribution in [0.15, 0.2) is 77.3 Å². The average Bonchev–Trinajstić information content (AvgIpc) is 2.75. The molecule has 6 heteroatoms. The molecule has 0 saturated heterocycles. The Morgan fingerprint density at radius 2 is 1.70 bits per heavy atom. The number of nitrogens with zero attached hydrogens (tertiary/aromatic N) is 1. The second-order valence-electron chi connectivity index (χ2n) is 6.69. The summed E-state index contributed by atoms with van der Waals surface area (Å²) in [5.74, 6) is 1.62. The Bertz CT molecular complexity index is 979. The Morgan fingerprint density at radius 1 is 0.967 bits per heavy atom. The SMILES string of the molecule is CCOc1ccccc1NC(=S)N(Cc1ccc(OC)cc1)Cc1cccc(Br)c1. The standard InChI is InChI=1S/C24H25BrN2O2S/c1-3-29-23-10-5-4-9-22(23)26-24(30)27(17-19-7-6-8-20(25)15-19)16-18-11-13-21(28-2)14-12-18/h4-15H,3,16-17H2,1-2H3,(H,26,30). The predicted octanol–water partition coefficient (Wildman–Crippen LogP) is 6.26. The zero-order valence-corrected chi connectivity index (χ0v) is 19.5. The molecule has 0 amide bonds. The van der Waals surface area contributed by atoms with Crippen LogP contribution >= 0.6 is 28.1 Å². The molecule has 0 aliphatic carbocycles. The minimum atomic E-state index is 0.596. The number of methoxy groups -OCH3 is 1. The number of ether oxygens (including phenoxy) is 2. The zero-order valence-electron chi connectivity index (χ0n) is 17.1. The Balaban J connectivity index is 1.82. The van der Waals surface area contributed by atoms with Crippen LogP contribution in [0.3, 0.4) is 0 Å². The van der Waals surface area contributed by atoms with Gasteiger partial charge in [0.15, 0.2) is 5.11 Å². The Kier molecular flexibility index (Phi) is 8.11. The number of halogens is 1. The molecule has 3 aromatic rings. The number of hydrogen-bond donors (Lipinski definition) is 1. The summed E-state index contributed by atoms with van der Waals surface area (Å²) in [6.07, 6.45) is 0. The largest absolute Gasteiger partial charge is 0.497 e. The van der Waals surface area contributed by atoms with Gasteiger partial charge in [-0.05, 0) is 66.7 Å². The van der Waals surface area contributed by atoms with Gasteiger partial charge in [-0.1, -0.05) is 52.3 Å². The molecule has 30 heavy (non-hydrogen) atoms. The van der Waals surface area contributed by atoms with Crippen molar-refractivity contribution in [3.63, 3.8) is 0 Å². The number of nitrogens with one attached hydrogen (secondary N) is 1. The van der Waals surface area contributed by atoms with Crippen molar-refractivity contribution >= 4 is 38.9 Å². The number of hydrogen-bond acceptors (Lipinski definition) is 3. The molecule has 0 bridgehead atoms. The number of rotatable bonds is 8. The van der Waals surface area contributed by atoms with Crippen molar-refractivity contribution in [1.29, 1.82) is 0 Å². The maximum absolute atomic E-state index is 5.80. The molecule has 4 nitrogen and oxygen atoms in total. The van der Waals surface area contributed by atoms with Gasteiger partial charge in [-0.25, -0.2) is 0 Å². The lowest BCUT2D eigenvalue weighted by Gasteiger charge is -2.27. The lowest BCUT2D eigenvalue weighted by molar-refractivity contribution is 0.342. The second-order valence-corrected chi connectivity index (χ2v) is 8.00. The van der Waals surface area contributed by atoms with E-state index in [4.69, 9.17) is 21.7 Å². The summed E-state index contributed by atoms with van der Waals surface area (Å²) in [4.78, 5) is 2.14. The molecule has 3 rings (SSSR count). The van der Waals surface area contributed by atoms with E-state index >= 15 is 0 Å². The van der Waals surface area contributed by atoms with Crippen molar-refractivity contribution in [2.75, 3.05) is 19.0 Å². The van der Waals surface area contributed by atoms with Crippen molar-refractivity contribution in [2.24, 2.45) is 0 Å². The van der Waals surface area contributed by atoms with E-state index in [1.54, 1.807) is 7.11 Å². The van der Waals surface area contributed by atoms with Crippen LogP contribution in [0.25, 0.3) is 0 Å². The Labute approximate surface area is 191 Å². The molecule has 0 radical (unpaired) electrons. The zero-order chi connectivity index (χ0) is 21.3. The number of para-hydroxylation sites is 2. The van der Waals surface area contributed by atoms with Crippen LogP contribution in [0, 0.1) is 0 Å². The minimum absolute atomic E-state index is 0.596. The highest BCUT2D eigenvalue weighted by molar-refractivity contribution is 9.10. The van der Waals surface area contributed by atoms with Crippen LogP contribution in [0.5, 0.6) is 11.5 Å². The van der Waals surface area contributed by atoms with Gasteiger partial charge in [0.1, 0.15) is 11.5 Å². The third-order valence-electron chi connectivity index (χ3n) is 4.51. The summed E-state index contributed by atoms with van der Waals surface area (Å²) < 4.78 is 12.1. The number of anilines is 1. The lowest BCUT2D eigenvalue weighted by atomic mass is 10.1. The quantitative estimate of drug-likeness (QED) is 0.381. The molecule has 0 atom stereocenters. The average molecular weight is 485 g/mol. The van der Waals surface area contributed by atoms with Gasteiger partial charge in [-0.3, -0.25) is 0 Å². The van der Waals surface area contributed by atoms with Gasteiger partial charge in [-0.2, -0.15) is 0 Å². The van der Waals surface area contributed by atoms with Crippen LogP contribution in [0.4, 0.5) is 5.69 Å². The lowest BCUT2D eigenvalue weighted by Crippen LogP contribution is -2.34. The predicted molar refractivity (Wildman–Crippen MR) is 130 cm³/mol. The summed E-state index contributed by atoms with van der Waals surface area (Å²) in [5, 5.41) is 4.01. The van der Waals surface area contributed by atoms with Gasteiger partial charge in [-0.15, -0.1) is 0 Å². The summed E-state index contributed by atoms with van der Waals surface area (Å²) in [7, 11) is 1.67. The molecule has 0 aliphatic heterocycles. The summed E-state index contributed by atoms with van der Waals surface area (Å²) in [6, 6.07) is 24.1. The molecule has 0 heterocycles. The monoisotopic (exact) mass is 484 g/mol. The second kappa shape index (κ2) is 11.0. The topological polar surface area (TPSA) is 33.7 Å². The first-order valence-corrected chi connectivity index (χ1v) is 10.9. The molecule has 0 aromatic heterocycles.